The lowest BCUT2D eigenvalue weighted by atomic mass is 10.2. The van der Waals surface area contributed by atoms with Gasteiger partial charge in [0.15, 0.2) is 5.78 Å². The molecule has 106 valence electrons. The second kappa shape index (κ2) is 5.67. The van der Waals surface area contributed by atoms with Crippen molar-refractivity contribution in [3.63, 3.8) is 0 Å². The maximum absolute atomic E-state index is 12.1. The maximum atomic E-state index is 12.1. The third-order valence-corrected chi connectivity index (χ3v) is 6.43. The van der Waals surface area contributed by atoms with Gasteiger partial charge in [-0.15, -0.1) is 11.3 Å². The molecule has 5 nitrogen and oxygen atoms in total. The number of thiophene rings is 1. The van der Waals surface area contributed by atoms with Crippen LogP contribution in [0.3, 0.4) is 0 Å². The van der Waals surface area contributed by atoms with Crippen molar-refractivity contribution in [1.82, 2.24) is 8.61 Å². The van der Waals surface area contributed by atoms with Gasteiger partial charge in [0, 0.05) is 19.6 Å². The van der Waals surface area contributed by atoms with Crippen LogP contribution in [0, 0.1) is 0 Å². The first-order chi connectivity index (χ1) is 8.86. The Labute approximate surface area is 125 Å². The summed E-state index contributed by atoms with van der Waals surface area (Å²) >= 11 is 12.7. The van der Waals surface area contributed by atoms with Crippen LogP contribution in [0.1, 0.15) is 17.3 Å². The summed E-state index contributed by atoms with van der Waals surface area (Å²) in [6.45, 7) is 2.68. The molecule has 19 heavy (non-hydrogen) atoms. The minimum absolute atomic E-state index is 0.203. The van der Waals surface area contributed by atoms with E-state index in [1.807, 2.05) is 0 Å². The van der Waals surface area contributed by atoms with Crippen LogP contribution in [0.5, 0.6) is 0 Å². The highest BCUT2D eigenvalue weighted by molar-refractivity contribution is 7.87. The van der Waals surface area contributed by atoms with E-state index >= 15 is 0 Å². The molecule has 0 aromatic carbocycles. The summed E-state index contributed by atoms with van der Waals surface area (Å²) in [5.74, 6) is -0.338. The van der Waals surface area contributed by atoms with Crippen LogP contribution < -0.4 is 0 Å². The number of halogens is 2. The molecule has 0 N–H and O–H groups in total. The van der Waals surface area contributed by atoms with Gasteiger partial charge in [0.2, 0.25) is 0 Å². The summed E-state index contributed by atoms with van der Waals surface area (Å²) < 4.78 is 27.3. The molecule has 1 fully saturated rings. The van der Waals surface area contributed by atoms with Crippen molar-refractivity contribution in [3.8, 4) is 0 Å². The molecule has 0 aliphatic carbocycles. The fourth-order valence-corrected chi connectivity index (χ4v) is 4.93. The zero-order valence-electron chi connectivity index (χ0n) is 10.1. The summed E-state index contributed by atoms with van der Waals surface area (Å²) in [5.41, 5.74) is 0.279. The number of hydrogen-bond donors (Lipinski definition) is 0. The molecule has 2 heterocycles. The van der Waals surface area contributed by atoms with E-state index < -0.39 is 10.2 Å². The molecule has 1 aromatic heterocycles. The normalized spacial score (nSPS) is 19.9. The second-order valence-corrected chi connectivity index (χ2v) is 8.21. The zero-order valence-corrected chi connectivity index (χ0v) is 13.2. The average molecular weight is 343 g/mol. The van der Waals surface area contributed by atoms with Crippen molar-refractivity contribution in [2.45, 2.75) is 6.92 Å². The van der Waals surface area contributed by atoms with Crippen molar-refractivity contribution >= 4 is 50.5 Å². The Kier molecular flexibility index (Phi) is 4.54. The number of carbonyl (C=O) groups excluding carboxylic acids is 1. The molecule has 0 radical (unpaired) electrons. The maximum Gasteiger partial charge on any atom is 0.282 e. The van der Waals surface area contributed by atoms with Gasteiger partial charge in [0.25, 0.3) is 10.2 Å². The van der Waals surface area contributed by atoms with Gasteiger partial charge in [0.05, 0.1) is 16.4 Å². The number of rotatable bonds is 4. The van der Waals surface area contributed by atoms with E-state index in [9.17, 15) is 13.2 Å². The van der Waals surface area contributed by atoms with E-state index in [0.29, 0.717) is 28.3 Å². The third kappa shape index (κ3) is 2.96. The van der Waals surface area contributed by atoms with E-state index in [2.05, 4.69) is 0 Å². The Morgan fingerprint density at radius 2 is 2.00 bits per heavy atom. The van der Waals surface area contributed by atoms with Crippen LogP contribution in [0.15, 0.2) is 6.07 Å². The molecule has 0 saturated carbocycles. The fraction of sp³-hybridized carbons (Fsp3) is 0.500. The minimum Gasteiger partial charge on any atom is -0.293 e. The lowest BCUT2D eigenvalue weighted by Crippen LogP contribution is -2.36. The molecule has 1 saturated heterocycles. The SMILES string of the molecule is CCN1CCN(CC(=O)c2cc(Cl)sc2Cl)S1(=O)=O. The molecule has 0 amide bonds. The number of nitrogens with zero attached hydrogens (tertiary/aromatic N) is 2. The lowest BCUT2D eigenvalue weighted by Gasteiger charge is -2.16. The topological polar surface area (TPSA) is 57.7 Å². The van der Waals surface area contributed by atoms with Crippen molar-refractivity contribution in [2.24, 2.45) is 0 Å². The molecule has 0 spiro atoms. The number of likely N-dealkylation sites (N-methyl/N-ethyl adjacent to an activating group) is 1. The van der Waals surface area contributed by atoms with Gasteiger partial charge in [-0.3, -0.25) is 4.79 Å². The van der Waals surface area contributed by atoms with E-state index in [1.165, 1.54) is 14.7 Å². The van der Waals surface area contributed by atoms with Gasteiger partial charge in [-0.05, 0) is 6.07 Å². The first-order valence-electron chi connectivity index (χ1n) is 5.59. The van der Waals surface area contributed by atoms with E-state index in [0.717, 1.165) is 11.3 Å². The van der Waals surface area contributed by atoms with Gasteiger partial charge >= 0.3 is 0 Å². The molecule has 0 atom stereocenters. The Hall–Kier alpha value is -0.180. The monoisotopic (exact) mass is 342 g/mol. The lowest BCUT2D eigenvalue weighted by molar-refractivity contribution is 0.0970. The van der Waals surface area contributed by atoms with Crippen LogP contribution in [-0.2, 0) is 10.2 Å². The first-order valence-corrected chi connectivity index (χ1v) is 8.56. The summed E-state index contributed by atoms with van der Waals surface area (Å²) in [6, 6.07) is 1.47. The molecule has 2 rings (SSSR count). The number of ketones is 1. The first kappa shape index (κ1) is 15.2. The molecule has 1 aromatic rings. The Morgan fingerprint density at radius 1 is 1.37 bits per heavy atom. The van der Waals surface area contributed by atoms with Crippen LogP contribution in [0.25, 0.3) is 0 Å². The average Bonchev–Trinajstić information content (AvgIpc) is 2.79. The van der Waals surface area contributed by atoms with Crippen LogP contribution in [0.2, 0.25) is 8.67 Å². The zero-order chi connectivity index (χ0) is 14.2. The van der Waals surface area contributed by atoms with Crippen LogP contribution in [-0.4, -0.2) is 49.0 Å². The molecule has 0 bridgehead atoms. The number of Topliss-reactive ketones (excluding diaryl/α,β-unsaturated/α-hetero) is 1. The van der Waals surface area contributed by atoms with Gasteiger partial charge in [0.1, 0.15) is 4.34 Å². The third-order valence-electron chi connectivity index (χ3n) is 2.88. The highest BCUT2D eigenvalue weighted by atomic mass is 35.5. The van der Waals surface area contributed by atoms with E-state index in [-0.39, 0.29) is 17.9 Å². The largest absolute Gasteiger partial charge is 0.293 e. The molecule has 9 heteroatoms. The van der Waals surface area contributed by atoms with Crippen molar-refractivity contribution in [1.29, 1.82) is 0 Å². The molecule has 1 aliphatic rings. The fourth-order valence-electron chi connectivity index (χ4n) is 1.87. The predicted molar refractivity (Wildman–Crippen MR) is 76.4 cm³/mol. The molecular weight excluding hydrogens is 331 g/mol. The summed E-state index contributed by atoms with van der Waals surface area (Å²) in [7, 11) is -3.51. The van der Waals surface area contributed by atoms with Gasteiger partial charge < -0.3 is 0 Å². The van der Waals surface area contributed by atoms with E-state index in [4.69, 9.17) is 23.2 Å². The summed E-state index contributed by atoms with van der Waals surface area (Å²) in [5, 5.41) is 0. The quantitative estimate of drug-likeness (QED) is 0.787. The summed E-state index contributed by atoms with van der Waals surface area (Å²) in [4.78, 5) is 12.1. The van der Waals surface area contributed by atoms with Crippen LogP contribution in [0.4, 0.5) is 0 Å². The van der Waals surface area contributed by atoms with Crippen molar-refractivity contribution in [2.75, 3.05) is 26.2 Å². The highest BCUT2D eigenvalue weighted by Crippen LogP contribution is 2.31. The standard InChI is InChI=1S/C10H12Cl2N2O3S2/c1-2-13-3-4-14(19(13,16)17)6-8(15)7-5-9(11)18-10(7)12/h5H,2-4,6H2,1H3. The Balaban J connectivity index is 2.15. The van der Waals surface area contributed by atoms with Gasteiger partial charge in [-0.1, -0.05) is 30.1 Å². The minimum atomic E-state index is -3.51. The second-order valence-electron chi connectivity index (χ2n) is 3.99. The summed E-state index contributed by atoms with van der Waals surface area (Å²) in [6.07, 6.45) is 0. The molecule has 1 aliphatic heterocycles. The Bertz CT molecular complexity index is 600. The van der Waals surface area contributed by atoms with Crippen molar-refractivity contribution < 1.29 is 13.2 Å². The number of hydrogen-bond acceptors (Lipinski definition) is 4. The Morgan fingerprint density at radius 3 is 2.47 bits per heavy atom. The molecule has 0 unspecified atom stereocenters. The predicted octanol–water partition coefficient (Wildman–Crippen LogP) is 2.12. The highest BCUT2D eigenvalue weighted by Gasteiger charge is 2.36. The van der Waals surface area contributed by atoms with Gasteiger partial charge in [-0.25, -0.2) is 0 Å². The van der Waals surface area contributed by atoms with Crippen molar-refractivity contribution in [3.05, 3.63) is 20.3 Å². The number of carbonyl (C=O) groups is 1. The van der Waals surface area contributed by atoms with Crippen LogP contribution >= 0.6 is 34.5 Å². The smallest absolute Gasteiger partial charge is 0.282 e. The van der Waals surface area contributed by atoms with E-state index in [1.54, 1.807) is 6.92 Å². The molecular formula is C10H12Cl2N2O3S2. The van der Waals surface area contributed by atoms with Gasteiger partial charge in [-0.2, -0.15) is 17.0 Å².